The predicted octanol–water partition coefficient (Wildman–Crippen LogP) is 3.95. The molecule has 4 rings (SSSR count). The zero-order chi connectivity index (χ0) is 18.7. The summed E-state index contributed by atoms with van der Waals surface area (Å²) < 4.78 is 4.94. The summed E-state index contributed by atoms with van der Waals surface area (Å²) in [5, 5.41) is 0. The van der Waals surface area contributed by atoms with Crippen LogP contribution >= 0.6 is 0 Å². The molecule has 4 aliphatic rings. The van der Waals surface area contributed by atoms with E-state index in [1.54, 1.807) is 0 Å². The van der Waals surface area contributed by atoms with Gasteiger partial charge in [-0.05, 0) is 68.6 Å². The van der Waals surface area contributed by atoms with E-state index in [1.165, 1.54) is 45.6 Å². The van der Waals surface area contributed by atoms with Crippen LogP contribution in [-0.2, 0) is 14.3 Å². The van der Waals surface area contributed by atoms with Crippen LogP contribution < -0.4 is 0 Å². The molecule has 0 radical (unpaired) electrons. The summed E-state index contributed by atoms with van der Waals surface area (Å²) in [5.41, 5.74) is 0.669. The van der Waals surface area contributed by atoms with E-state index in [9.17, 15) is 9.59 Å². The fourth-order valence-corrected chi connectivity index (χ4v) is 7.35. The largest absolute Gasteiger partial charge is 0.465 e. The molecule has 0 N–H and O–H groups in total. The number of esters is 1. The van der Waals surface area contributed by atoms with Gasteiger partial charge in [0.15, 0.2) is 0 Å². The second kappa shape index (κ2) is 6.10. The van der Waals surface area contributed by atoms with Gasteiger partial charge in [0.2, 0.25) is 0 Å². The quantitative estimate of drug-likeness (QED) is 0.554. The number of methoxy groups -OCH3 is 1. The first-order chi connectivity index (χ1) is 12.4. The molecule has 3 aliphatic carbocycles. The standard InChI is InChI=1S/C22H33NO3/c1-5-23-18-9-8-14-16-7-6-11-21(16,2)12-10-17(14)22(18,3)13-15(19(23)24)20(25)26-4/h13-14,16-18H,5-12H2,1-4H3/t14-,16-,17+,18?,21-,22+/m0/s1. The number of carbonyl (C=O) groups excluding carboxylic acids is 2. The van der Waals surface area contributed by atoms with Crippen molar-refractivity contribution in [2.45, 2.75) is 71.8 Å². The van der Waals surface area contributed by atoms with Gasteiger partial charge in [0, 0.05) is 18.0 Å². The molecule has 0 saturated heterocycles. The van der Waals surface area contributed by atoms with Crippen LogP contribution in [0, 0.1) is 28.6 Å². The zero-order valence-electron chi connectivity index (χ0n) is 16.7. The van der Waals surface area contributed by atoms with Gasteiger partial charge in [-0.25, -0.2) is 4.79 Å². The maximum absolute atomic E-state index is 12.9. The van der Waals surface area contributed by atoms with Crippen LogP contribution in [0.2, 0.25) is 0 Å². The van der Waals surface area contributed by atoms with Crippen molar-refractivity contribution in [3.8, 4) is 0 Å². The number of likely N-dealkylation sites (N-methyl/N-ethyl adjacent to an activating group) is 1. The molecule has 144 valence electrons. The third-order valence-electron chi connectivity index (χ3n) is 8.58. The smallest absolute Gasteiger partial charge is 0.343 e. The molecule has 4 nitrogen and oxygen atoms in total. The van der Waals surface area contributed by atoms with Gasteiger partial charge in [0.05, 0.1) is 7.11 Å². The van der Waals surface area contributed by atoms with Crippen LogP contribution in [0.15, 0.2) is 11.6 Å². The highest BCUT2D eigenvalue weighted by molar-refractivity contribution is 6.17. The van der Waals surface area contributed by atoms with Crippen LogP contribution in [-0.4, -0.2) is 36.5 Å². The molecule has 0 bridgehead atoms. The number of hydrogen-bond donors (Lipinski definition) is 0. The lowest BCUT2D eigenvalue weighted by Crippen LogP contribution is -2.61. The Labute approximate surface area is 157 Å². The Bertz CT molecular complexity index is 656. The van der Waals surface area contributed by atoms with Crippen LogP contribution in [0.25, 0.3) is 0 Å². The van der Waals surface area contributed by atoms with Crippen LogP contribution in [0.5, 0.6) is 0 Å². The third-order valence-corrected chi connectivity index (χ3v) is 8.58. The minimum absolute atomic E-state index is 0.111. The van der Waals surface area contributed by atoms with Crippen molar-refractivity contribution in [3.63, 3.8) is 0 Å². The Morgan fingerprint density at radius 1 is 1.19 bits per heavy atom. The number of nitrogens with zero attached hydrogens (tertiary/aromatic N) is 1. The Morgan fingerprint density at radius 3 is 2.65 bits per heavy atom. The number of hydrogen-bond acceptors (Lipinski definition) is 3. The molecule has 0 aromatic rings. The molecule has 4 heteroatoms. The maximum Gasteiger partial charge on any atom is 0.343 e. The lowest BCUT2D eigenvalue weighted by atomic mass is 9.48. The summed E-state index contributed by atoms with van der Waals surface area (Å²) in [6, 6.07) is 0.223. The first kappa shape index (κ1) is 18.1. The van der Waals surface area contributed by atoms with Crippen molar-refractivity contribution in [3.05, 3.63) is 11.6 Å². The van der Waals surface area contributed by atoms with Gasteiger partial charge >= 0.3 is 5.97 Å². The van der Waals surface area contributed by atoms with Crippen LogP contribution in [0.4, 0.5) is 0 Å². The number of carbonyl (C=O) groups is 2. The molecule has 0 aromatic carbocycles. The second-order valence-corrected chi connectivity index (χ2v) is 9.56. The van der Waals surface area contributed by atoms with Gasteiger partial charge < -0.3 is 9.64 Å². The third kappa shape index (κ3) is 2.33. The van der Waals surface area contributed by atoms with E-state index in [4.69, 9.17) is 4.74 Å². The number of ether oxygens (including phenoxy) is 1. The molecule has 1 aliphatic heterocycles. The molecule has 6 atom stereocenters. The van der Waals surface area contributed by atoms with Crippen molar-refractivity contribution in [1.82, 2.24) is 4.90 Å². The van der Waals surface area contributed by atoms with Crippen LogP contribution in [0.3, 0.4) is 0 Å². The van der Waals surface area contributed by atoms with Crippen LogP contribution in [0.1, 0.15) is 65.7 Å². The summed E-state index contributed by atoms with van der Waals surface area (Å²) in [5.74, 6) is 1.51. The fourth-order valence-electron chi connectivity index (χ4n) is 7.35. The second-order valence-electron chi connectivity index (χ2n) is 9.56. The minimum atomic E-state index is -0.475. The number of rotatable bonds is 2. The molecule has 0 spiro atoms. The first-order valence-electron chi connectivity index (χ1n) is 10.5. The van der Waals surface area contributed by atoms with E-state index in [0.717, 1.165) is 18.3 Å². The highest BCUT2D eigenvalue weighted by Gasteiger charge is 2.59. The van der Waals surface area contributed by atoms with Gasteiger partial charge in [0.25, 0.3) is 5.91 Å². The normalized spacial score (nSPS) is 44.7. The highest BCUT2D eigenvalue weighted by Crippen LogP contribution is 2.64. The molecule has 26 heavy (non-hydrogen) atoms. The number of fused-ring (bicyclic) bond motifs is 5. The van der Waals surface area contributed by atoms with Crippen molar-refractivity contribution in [2.75, 3.05) is 13.7 Å². The van der Waals surface area contributed by atoms with E-state index in [2.05, 4.69) is 13.8 Å². The first-order valence-corrected chi connectivity index (χ1v) is 10.5. The number of amides is 1. The average Bonchev–Trinajstić information content (AvgIpc) is 3.03. The monoisotopic (exact) mass is 359 g/mol. The average molecular weight is 360 g/mol. The van der Waals surface area contributed by atoms with E-state index < -0.39 is 5.97 Å². The molecule has 1 unspecified atom stereocenters. The van der Waals surface area contributed by atoms with E-state index in [-0.39, 0.29) is 22.9 Å². The highest BCUT2D eigenvalue weighted by atomic mass is 16.5. The van der Waals surface area contributed by atoms with Gasteiger partial charge in [-0.2, -0.15) is 0 Å². The molecule has 0 aromatic heterocycles. The molecular formula is C22H33NO3. The van der Waals surface area contributed by atoms with E-state index in [1.807, 2.05) is 17.9 Å². The summed E-state index contributed by atoms with van der Waals surface area (Å²) in [4.78, 5) is 27.2. The maximum atomic E-state index is 12.9. The molecular weight excluding hydrogens is 326 g/mol. The topological polar surface area (TPSA) is 46.6 Å². The van der Waals surface area contributed by atoms with E-state index in [0.29, 0.717) is 17.9 Å². The van der Waals surface area contributed by atoms with Crippen molar-refractivity contribution in [2.24, 2.45) is 28.6 Å². The van der Waals surface area contributed by atoms with Gasteiger partial charge in [-0.15, -0.1) is 0 Å². The summed E-state index contributed by atoms with van der Waals surface area (Å²) in [6.07, 6.45) is 10.9. The summed E-state index contributed by atoms with van der Waals surface area (Å²) >= 11 is 0. The van der Waals surface area contributed by atoms with Gasteiger partial charge in [-0.3, -0.25) is 4.79 Å². The SMILES string of the molecule is CCN1C(=O)C(C(=O)OC)=C[C@@]2(C)C1CC[C@@H]1[C@H]2CC[C@]2(C)CCC[C@@H]12. The summed E-state index contributed by atoms with van der Waals surface area (Å²) in [6.45, 7) is 7.50. The molecule has 1 heterocycles. The zero-order valence-corrected chi connectivity index (χ0v) is 16.7. The van der Waals surface area contributed by atoms with E-state index >= 15 is 0 Å². The van der Waals surface area contributed by atoms with Crippen molar-refractivity contribution in [1.29, 1.82) is 0 Å². The fraction of sp³-hybridized carbons (Fsp3) is 0.818. The Hall–Kier alpha value is -1.32. The predicted molar refractivity (Wildman–Crippen MR) is 100 cm³/mol. The van der Waals surface area contributed by atoms with Gasteiger partial charge in [-0.1, -0.05) is 26.3 Å². The molecule has 3 saturated carbocycles. The Kier molecular flexibility index (Phi) is 4.24. The van der Waals surface area contributed by atoms with Crippen molar-refractivity contribution >= 4 is 11.9 Å². The van der Waals surface area contributed by atoms with Gasteiger partial charge in [0.1, 0.15) is 5.57 Å². The molecule has 1 amide bonds. The molecule has 3 fully saturated rings. The summed E-state index contributed by atoms with van der Waals surface area (Å²) in [7, 11) is 1.37. The minimum Gasteiger partial charge on any atom is -0.465 e. The van der Waals surface area contributed by atoms with Crippen molar-refractivity contribution < 1.29 is 14.3 Å². The Morgan fingerprint density at radius 2 is 1.96 bits per heavy atom. The lowest BCUT2D eigenvalue weighted by molar-refractivity contribution is -0.148. The lowest BCUT2D eigenvalue weighted by Gasteiger charge is -2.60. The Balaban J connectivity index is 1.76.